The van der Waals surface area contributed by atoms with Crippen molar-refractivity contribution in [1.82, 2.24) is 0 Å². The second kappa shape index (κ2) is 9.16. The number of hydrogen-bond donors (Lipinski definition) is 1. The Balaban J connectivity index is 1.58. The fraction of sp³-hybridized carbons (Fsp3) is 0.750. The average molecular weight is 557 g/mol. The summed E-state index contributed by atoms with van der Waals surface area (Å²) in [6, 6.07) is 0. The number of carbonyl (C=O) groups is 3. The Bertz CT molecular complexity index is 1080. The lowest BCUT2D eigenvalue weighted by Crippen LogP contribution is -2.70. The number of rotatable bonds is 5. The molecule has 9 heteroatoms. The number of ketones is 1. The summed E-state index contributed by atoms with van der Waals surface area (Å²) in [7, 11) is 0. The minimum Gasteiger partial charge on any atom is -0.449 e. The normalized spacial score (nSPS) is 46.8. The van der Waals surface area contributed by atoms with Gasteiger partial charge < -0.3 is 9.84 Å². The van der Waals surface area contributed by atoms with E-state index >= 15 is 8.78 Å². The molecule has 0 radical (unpaired) electrons. The SMILES string of the molecule is C[C@@H]1C[C@H]2[C@@H]3C[C@H](F)C4=CC(=O)C=C[C@]4(C)[C@@]3(F)[C@@H](O)C[C@]2(C)[C@@]1(OC(=O)CC1CCC1)C(=O)SCCl. The molecule has 0 saturated heterocycles. The van der Waals surface area contributed by atoms with E-state index in [2.05, 4.69) is 0 Å². The Morgan fingerprint density at radius 1 is 1.24 bits per heavy atom. The molecule has 5 nitrogen and oxygen atoms in total. The van der Waals surface area contributed by atoms with Gasteiger partial charge in [-0.25, -0.2) is 8.78 Å². The van der Waals surface area contributed by atoms with Gasteiger partial charge in [-0.15, -0.1) is 11.6 Å². The van der Waals surface area contributed by atoms with Crippen LogP contribution in [0, 0.1) is 34.5 Å². The van der Waals surface area contributed by atoms with E-state index < -0.39 is 69.0 Å². The van der Waals surface area contributed by atoms with Crippen LogP contribution in [0.4, 0.5) is 8.78 Å². The lowest BCUT2D eigenvalue weighted by molar-refractivity contribution is -0.229. The maximum absolute atomic E-state index is 17.4. The Kier molecular flexibility index (Phi) is 6.76. The van der Waals surface area contributed by atoms with Crippen LogP contribution in [0.5, 0.6) is 0 Å². The number of fused-ring (bicyclic) bond motifs is 5. The van der Waals surface area contributed by atoms with Crippen LogP contribution in [0.2, 0.25) is 0 Å². The Morgan fingerprint density at radius 2 is 1.95 bits per heavy atom. The van der Waals surface area contributed by atoms with Gasteiger partial charge in [0.1, 0.15) is 6.17 Å². The molecule has 0 aromatic heterocycles. The number of allylic oxidation sites excluding steroid dienone is 4. The first-order valence-corrected chi connectivity index (χ1v) is 14.8. The Morgan fingerprint density at radius 3 is 2.57 bits per heavy atom. The summed E-state index contributed by atoms with van der Waals surface area (Å²) < 4.78 is 39.3. The summed E-state index contributed by atoms with van der Waals surface area (Å²) in [5.41, 5.74) is -6.44. The van der Waals surface area contributed by atoms with Gasteiger partial charge in [-0.1, -0.05) is 38.1 Å². The second-order valence-electron chi connectivity index (χ2n) is 12.2. The van der Waals surface area contributed by atoms with E-state index in [-0.39, 0.29) is 36.0 Å². The number of hydrogen-bond acceptors (Lipinski definition) is 6. The van der Waals surface area contributed by atoms with Crippen LogP contribution in [0.15, 0.2) is 23.8 Å². The molecule has 0 heterocycles. The second-order valence-corrected chi connectivity index (χ2v) is 13.8. The molecule has 0 aromatic carbocycles. The van der Waals surface area contributed by atoms with E-state index in [1.807, 2.05) is 6.92 Å². The first-order chi connectivity index (χ1) is 17.3. The van der Waals surface area contributed by atoms with E-state index in [0.717, 1.165) is 37.1 Å². The summed E-state index contributed by atoms with van der Waals surface area (Å²) in [6.45, 7) is 5.15. The van der Waals surface area contributed by atoms with Crippen molar-refractivity contribution in [2.24, 2.45) is 34.5 Å². The lowest BCUT2D eigenvalue weighted by atomic mass is 9.44. The first kappa shape index (κ1) is 27.3. The number of esters is 1. The molecular formula is C28H35ClF2O5S. The topological polar surface area (TPSA) is 80.7 Å². The van der Waals surface area contributed by atoms with E-state index in [1.165, 1.54) is 12.2 Å². The zero-order valence-corrected chi connectivity index (χ0v) is 23.0. The molecule has 0 amide bonds. The molecule has 0 spiro atoms. The van der Waals surface area contributed by atoms with Crippen molar-refractivity contribution in [2.75, 3.05) is 5.21 Å². The van der Waals surface area contributed by atoms with Crippen LogP contribution in [0.25, 0.3) is 0 Å². The van der Waals surface area contributed by atoms with Crippen molar-refractivity contribution in [2.45, 2.75) is 89.3 Å². The molecule has 4 fully saturated rings. The number of carbonyl (C=O) groups excluding carboxylic acids is 3. The molecule has 5 rings (SSSR count). The molecule has 0 unspecified atom stereocenters. The lowest BCUT2D eigenvalue weighted by Gasteiger charge is -2.63. The van der Waals surface area contributed by atoms with E-state index in [1.54, 1.807) is 13.8 Å². The van der Waals surface area contributed by atoms with Gasteiger partial charge >= 0.3 is 5.97 Å². The quantitative estimate of drug-likeness (QED) is 0.357. The van der Waals surface area contributed by atoms with Gasteiger partial charge in [0.25, 0.3) is 0 Å². The highest BCUT2D eigenvalue weighted by Crippen LogP contribution is 2.72. The standard InChI is InChI=1S/C28H35ClF2O5S/c1-15-9-18-19-12-21(30)20-11-17(32)7-8-25(20,2)27(19,31)22(33)13-26(18,3)28(15,24(35)37-14-29)36-23(34)10-16-5-4-6-16/h7-8,11,15-16,18-19,21-22,33H,4-6,9-10,12-14H2,1-3H3/t15-,18+,19+,21+,22+,25+,26+,27+,28+/m1/s1. The minimum atomic E-state index is -2.25. The predicted octanol–water partition coefficient (Wildman–Crippen LogP) is 5.48. The van der Waals surface area contributed by atoms with Gasteiger partial charge in [-0.3, -0.25) is 14.4 Å². The Hall–Kier alpha value is -1.25. The first-order valence-electron chi connectivity index (χ1n) is 13.3. The minimum absolute atomic E-state index is 0.0368. The highest BCUT2D eigenvalue weighted by Gasteiger charge is 2.78. The molecule has 0 aliphatic heterocycles. The highest BCUT2D eigenvalue weighted by molar-refractivity contribution is 8.14. The van der Waals surface area contributed by atoms with Crippen LogP contribution in [0.3, 0.4) is 0 Å². The third-order valence-corrected chi connectivity index (χ3v) is 11.6. The van der Waals surface area contributed by atoms with E-state index in [4.69, 9.17) is 16.3 Å². The smallest absolute Gasteiger partial charge is 0.307 e. The molecule has 0 aromatic rings. The molecule has 0 bridgehead atoms. The fourth-order valence-electron chi connectivity index (χ4n) is 8.53. The third-order valence-electron chi connectivity index (χ3n) is 10.6. The zero-order chi connectivity index (χ0) is 27.0. The van der Waals surface area contributed by atoms with E-state index in [9.17, 15) is 19.5 Å². The van der Waals surface area contributed by atoms with Crippen molar-refractivity contribution < 1.29 is 33.0 Å². The molecule has 4 saturated carbocycles. The zero-order valence-electron chi connectivity index (χ0n) is 21.5. The van der Waals surface area contributed by atoms with Crippen LogP contribution in [0.1, 0.15) is 65.7 Å². The van der Waals surface area contributed by atoms with Crippen molar-refractivity contribution >= 4 is 40.2 Å². The van der Waals surface area contributed by atoms with Gasteiger partial charge in [0.15, 0.2) is 17.1 Å². The van der Waals surface area contributed by atoms with Gasteiger partial charge in [0.05, 0.1) is 11.3 Å². The van der Waals surface area contributed by atoms with Crippen LogP contribution < -0.4 is 0 Å². The summed E-state index contributed by atoms with van der Waals surface area (Å²) in [4.78, 5) is 39.0. The van der Waals surface area contributed by atoms with E-state index in [0.29, 0.717) is 6.42 Å². The molecule has 9 atom stereocenters. The van der Waals surface area contributed by atoms with Gasteiger partial charge in [-0.05, 0) is 68.6 Å². The number of thioether (sulfide) groups is 1. The maximum Gasteiger partial charge on any atom is 0.307 e. The van der Waals surface area contributed by atoms with Gasteiger partial charge in [0.2, 0.25) is 5.12 Å². The number of alkyl halides is 3. The molecule has 204 valence electrons. The monoisotopic (exact) mass is 556 g/mol. The van der Waals surface area contributed by atoms with Crippen molar-refractivity contribution in [3.8, 4) is 0 Å². The van der Waals surface area contributed by atoms with Crippen molar-refractivity contribution in [3.63, 3.8) is 0 Å². The van der Waals surface area contributed by atoms with Gasteiger partial charge in [0, 0.05) is 29.1 Å². The van der Waals surface area contributed by atoms with Gasteiger partial charge in [-0.2, -0.15) is 0 Å². The highest BCUT2D eigenvalue weighted by atomic mass is 35.5. The summed E-state index contributed by atoms with van der Waals surface area (Å²) in [6.07, 6.45) is 3.81. The molecule has 1 N–H and O–H groups in total. The van der Waals surface area contributed by atoms with Crippen molar-refractivity contribution in [3.05, 3.63) is 23.8 Å². The molecule has 5 aliphatic carbocycles. The number of aliphatic hydroxyl groups excluding tert-OH is 1. The molecule has 37 heavy (non-hydrogen) atoms. The number of ether oxygens (including phenoxy) is 1. The van der Waals surface area contributed by atoms with Crippen LogP contribution in [-0.2, 0) is 19.1 Å². The largest absolute Gasteiger partial charge is 0.449 e. The number of halogens is 3. The third kappa shape index (κ3) is 3.60. The van der Waals surface area contributed by atoms with Crippen LogP contribution >= 0.6 is 23.4 Å². The fourth-order valence-corrected chi connectivity index (χ4v) is 9.62. The summed E-state index contributed by atoms with van der Waals surface area (Å²) >= 11 is 6.80. The Labute approximate surface area is 225 Å². The number of aliphatic hydroxyl groups is 1. The summed E-state index contributed by atoms with van der Waals surface area (Å²) in [5.74, 6) is -2.59. The average Bonchev–Trinajstić information content (AvgIpc) is 3.02. The maximum atomic E-state index is 17.4. The molecule has 5 aliphatic rings. The van der Waals surface area contributed by atoms with Crippen molar-refractivity contribution in [1.29, 1.82) is 0 Å². The summed E-state index contributed by atoms with van der Waals surface area (Å²) in [5, 5.41) is 11.1. The molecular weight excluding hydrogens is 522 g/mol. The predicted molar refractivity (Wildman–Crippen MR) is 137 cm³/mol. The van der Waals surface area contributed by atoms with Crippen LogP contribution in [-0.4, -0.2) is 50.7 Å².